The fourth-order valence-corrected chi connectivity index (χ4v) is 10.9. The van der Waals surface area contributed by atoms with Crippen molar-refractivity contribution in [1.29, 1.82) is 0 Å². The molecule has 0 bridgehead atoms. The number of fused-ring (bicyclic) bond motifs is 6. The van der Waals surface area contributed by atoms with Crippen molar-refractivity contribution >= 4 is 35.3 Å². The molecule has 62 heavy (non-hydrogen) atoms. The van der Waals surface area contributed by atoms with Crippen molar-refractivity contribution < 1.29 is 19.8 Å². The number of anilines is 2. The molecule has 4 aromatic rings. The molecule has 2 aromatic carbocycles. The highest BCUT2D eigenvalue weighted by Gasteiger charge is 2.57. The van der Waals surface area contributed by atoms with E-state index in [-0.39, 0.29) is 71.9 Å². The molecular formula is C50H58N6O6. The second-order valence-electron chi connectivity index (χ2n) is 18.0. The van der Waals surface area contributed by atoms with Crippen LogP contribution in [0.5, 0.6) is 0 Å². The molecule has 6 heterocycles. The lowest BCUT2D eigenvalue weighted by atomic mass is 9.88. The second-order valence-corrected chi connectivity index (χ2v) is 18.0. The summed E-state index contributed by atoms with van der Waals surface area (Å²) in [5.74, 6) is 0.711. The lowest BCUT2D eigenvalue weighted by Gasteiger charge is -2.31. The van der Waals surface area contributed by atoms with Crippen LogP contribution in [0.15, 0.2) is 107 Å². The monoisotopic (exact) mass is 838 g/mol. The van der Waals surface area contributed by atoms with Crippen LogP contribution >= 0.6 is 0 Å². The summed E-state index contributed by atoms with van der Waals surface area (Å²) in [5, 5.41) is 26.8. The summed E-state index contributed by atoms with van der Waals surface area (Å²) in [7, 11) is 0. The van der Waals surface area contributed by atoms with Crippen molar-refractivity contribution in [3.05, 3.63) is 140 Å². The third-order valence-corrected chi connectivity index (χ3v) is 14.1. The van der Waals surface area contributed by atoms with E-state index in [0.29, 0.717) is 36.1 Å². The molecule has 2 aliphatic carbocycles. The van der Waals surface area contributed by atoms with Gasteiger partial charge < -0.3 is 30.0 Å². The van der Waals surface area contributed by atoms with E-state index in [0.717, 1.165) is 35.9 Å². The average Bonchev–Trinajstić information content (AvgIpc) is 4.15. The van der Waals surface area contributed by atoms with Crippen molar-refractivity contribution in [2.45, 2.75) is 76.8 Å². The minimum atomic E-state index is -0.403. The zero-order valence-electron chi connectivity index (χ0n) is 35.6. The van der Waals surface area contributed by atoms with Crippen LogP contribution in [0.25, 0.3) is 12.2 Å². The first-order valence-corrected chi connectivity index (χ1v) is 22.4. The number of benzene rings is 2. The number of nitrogens with zero attached hydrogens (tertiary/aromatic N) is 4. The number of aromatic nitrogens is 2. The molecule has 4 fully saturated rings. The Morgan fingerprint density at radius 2 is 0.984 bits per heavy atom. The van der Waals surface area contributed by atoms with Crippen LogP contribution in [0.2, 0.25) is 0 Å². The third-order valence-electron chi connectivity index (χ3n) is 14.1. The molecule has 10 rings (SSSR count). The zero-order chi connectivity index (χ0) is 43.1. The van der Waals surface area contributed by atoms with Crippen molar-refractivity contribution in [1.82, 2.24) is 18.9 Å². The highest BCUT2D eigenvalue weighted by atomic mass is 16.3. The van der Waals surface area contributed by atoms with E-state index in [9.17, 15) is 29.4 Å². The van der Waals surface area contributed by atoms with Crippen molar-refractivity contribution in [3.63, 3.8) is 0 Å². The van der Waals surface area contributed by atoms with Crippen molar-refractivity contribution in [2.24, 2.45) is 35.5 Å². The van der Waals surface area contributed by atoms with Crippen LogP contribution < -0.4 is 21.8 Å². The number of carbonyl (C=O) groups excluding carboxylic acids is 2. The summed E-state index contributed by atoms with van der Waals surface area (Å²) in [5.41, 5.74) is 4.85. The number of aliphatic hydroxyl groups excluding tert-OH is 2. The number of aliphatic hydroxyl groups is 2. The van der Waals surface area contributed by atoms with Crippen LogP contribution in [0.4, 0.5) is 11.4 Å². The molecule has 324 valence electrons. The van der Waals surface area contributed by atoms with Crippen LogP contribution in [-0.2, 0) is 22.7 Å². The van der Waals surface area contributed by atoms with Gasteiger partial charge in [-0.1, -0.05) is 60.7 Å². The minimum Gasteiger partial charge on any atom is -0.396 e. The van der Waals surface area contributed by atoms with Crippen molar-refractivity contribution in [3.8, 4) is 0 Å². The number of allylic oxidation sites excluding steroid dienone is 2. The molecule has 0 radical (unpaired) electrons. The summed E-state index contributed by atoms with van der Waals surface area (Å²) in [4.78, 5) is 57.4. The largest absolute Gasteiger partial charge is 0.396 e. The summed E-state index contributed by atoms with van der Waals surface area (Å²) in [6, 6.07) is 26.0. The summed E-state index contributed by atoms with van der Waals surface area (Å²) in [6.45, 7) is 6.42. The van der Waals surface area contributed by atoms with E-state index in [1.807, 2.05) is 132 Å². The quantitative estimate of drug-likeness (QED) is 0.140. The maximum atomic E-state index is 13.4. The van der Waals surface area contributed by atoms with Gasteiger partial charge in [-0.05, 0) is 99.9 Å². The lowest BCUT2D eigenvalue weighted by Crippen LogP contribution is -2.46. The van der Waals surface area contributed by atoms with Crippen LogP contribution in [-0.4, -0.2) is 79.3 Å². The van der Waals surface area contributed by atoms with Gasteiger partial charge in [0.1, 0.15) is 0 Å². The molecule has 0 unspecified atom stereocenters. The molecule has 4 aliphatic heterocycles. The first-order chi connectivity index (χ1) is 30.2. The lowest BCUT2D eigenvalue weighted by molar-refractivity contribution is -0.123. The highest BCUT2D eigenvalue weighted by Crippen LogP contribution is 2.52. The summed E-state index contributed by atoms with van der Waals surface area (Å²) in [6.07, 6.45) is 12.1. The predicted octanol–water partition coefficient (Wildman–Crippen LogP) is 5.79. The standard InChI is InChI=1S/2C25H29N3O3/c2*1-2-6-17-11-12-21-22-19(14-27(21)25(17)31)20(15-29)23(28(22)13-16-9-10-16)24(30)26-18-7-4-3-5-8-18/h2*2-8,11-12,16,19-20,22-23,29H,9-10,13-15H2,1H3,(H,26,30)/b6-2+;6-2-/t2*19-,20-,22+,23-/m00/s1. The Morgan fingerprint density at radius 1 is 0.597 bits per heavy atom. The van der Waals surface area contributed by atoms with Crippen LogP contribution in [0, 0.1) is 35.5 Å². The molecule has 2 saturated carbocycles. The third kappa shape index (κ3) is 7.94. The molecule has 2 saturated heterocycles. The predicted molar refractivity (Wildman–Crippen MR) is 241 cm³/mol. The van der Waals surface area contributed by atoms with E-state index in [1.54, 1.807) is 0 Å². The minimum absolute atomic E-state index is 0.0124. The molecular weight excluding hydrogens is 781 g/mol. The Labute approximate surface area is 362 Å². The molecule has 0 spiro atoms. The normalized spacial score (nSPS) is 27.4. The van der Waals surface area contributed by atoms with Gasteiger partial charge >= 0.3 is 0 Å². The number of likely N-dealkylation sites (tertiary alicyclic amines) is 2. The SMILES string of the molecule is C/C=C/c1ccc2n(c1=O)C[C@H]1[C@H](CO)[C@@H](C(=O)Nc3ccccc3)N(CC3CC3)[C@@H]21.C/C=C\c1ccc2n(c1=O)C[C@H]1[C@H](CO)[C@@H](C(=O)Nc3ccccc3)N(CC3CC3)[C@@H]21. The van der Waals surface area contributed by atoms with E-state index < -0.39 is 12.1 Å². The Balaban J connectivity index is 0.000000158. The maximum Gasteiger partial charge on any atom is 0.258 e. The summed E-state index contributed by atoms with van der Waals surface area (Å²) < 4.78 is 3.72. The van der Waals surface area contributed by atoms with Gasteiger partial charge in [0.15, 0.2) is 0 Å². The van der Waals surface area contributed by atoms with E-state index in [4.69, 9.17) is 0 Å². The first-order valence-electron chi connectivity index (χ1n) is 22.4. The molecule has 6 aliphatic rings. The zero-order valence-corrected chi connectivity index (χ0v) is 35.6. The molecule has 4 N–H and O–H groups in total. The van der Waals surface area contributed by atoms with E-state index in [2.05, 4.69) is 20.4 Å². The van der Waals surface area contributed by atoms with Crippen LogP contribution in [0.3, 0.4) is 0 Å². The number of hydrogen-bond acceptors (Lipinski definition) is 8. The topological polar surface area (TPSA) is 149 Å². The van der Waals surface area contributed by atoms with E-state index in [1.165, 1.54) is 25.7 Å². The number of rotatable bonds is 12. The number of pyridine rings is 2. The molecule has 2 aromatic heterocycles. The Kier molecular flexibility index (Phi) is 12.0. The number of hydrogen-bond donors (Lipinski definition) is 4. The van der Waals surface area contributed by atoms with Gasteiger partial charge in [0.2, 0.25) is 11.8 Å². The van der Waals surface area contributed by atoms with Gasteiger partial charge in [-0.15, -0.1) is 0 Å². The Morgan fingerprint density at radius 3 is 1.32 bits per heavy atom. The molecule has 12 heteroatoms. The molecule has 8 atom stereocenters. The number of amides is 2. The number of carbonyl (C=O) groups is 2. The summed E-state index contributed by atoms with van der Waals surface area (Å²) >= 11 is 0. The first kappa shape index (κ1) is 41.9. The Bertz CT molecular complexity index is 2290. The number of nitrogens with one attached hydrogen (secondary N) is 2. The number of para-hydroxylation sites is 2. The second kappa shape index (κ2) is 17.8. The van der Waals surface area contributed by atoms with Gasteiger partial charge in [0.25, 0.3) is 11.1 Å². The molecule has 2 amide bonds. The smallest absolute Gasteiger partial charge is 0.258 e. The molecule has 12 nitrogen and oxygen atoms in total. The maximum absolute atomic E-state index is 13.4. The average molecular weight is 839 g/mol. The van der Waals surface area contributed by atoms with Gasteiger partial charge in [-0.25, -0.2) is 0 Å². The van der Waals surface area contributed by atoms with Gasteiger partial charge in [0.05, 0.1) is 24.2 Å². The fraction of sp³-hybridized carbons (Fsp3) is 0.440. The highest BCUT2D eigenvalue weighted by molar-refractivity contribution is 5.96. The van der Waals surface area contributed by atoms with Crippen molar-refractivity contribution in [2.75, 3.05) is 36.9 Å². The van der Waals surface area contributed by atoms with Gasteiger partial charge in [0, 0.05) is 97.0 Å². The van der Waals surface area contributed by atoms with Gasteiger partial charge in [-0.2, -0.15) is 0 Å². The van der Waals surface area contributed by atoms with E-state index >= 15 is 0 Å². The Hall–Kier alpha value is -5.40. The fourth-order valence-electron chi connectivity index (χ4n) is 10.9. The van der Waals surface area contributed by atoms with Crippen LogP contribution in [0.1, 0.15) is 74.1 Å². The van der Waals surface area contributed by atoms with Gasteiger partial charge in [-0.3, -0.25) is 29.0 Å².